The standard InChI is InChI=1S/C26H34N6O3/c1-17(25(34)28-23-16-21(29-30-23)18-11-12-18)19-7-4-8-20(15-19)27-26(35)22-9-5-14-32(22)24(33)10-6-13-31(2)3/h4,6-8,10,15-18,22H,5,9,11-14H2,1-3H3,(H,27,35)(H2,28,29,30,34)/b10-6+. The lowest BCUT2D eigenvalue weighted by molar-refractivity contribution is -0.132. The van der Waals surface area contributed by atoms with E-state index in [0.29, 0.717) is 36.9 Å². The van der Waals surface area contributed by atoms with Crippen molar-refractivity contribution in [2.45, 2.75) is 50.5 Å². The fourth-order valence-corrected chi connectivity index (χ4v) is 4.26. The van der Waals surface area contributed by atoms with Crippen LogP contribution < -0.4 is 10.6 Å². The molecule has 2 aromatic rings. The number of benzene rings is 1. The number of nitrogens with zero attached hydrogens (tertiary/aromatic N) is 3. The zero-order chi connectivity index (χ0) is 24.9. The van der Waals surface area contributed by atoms with Crippen LogP contribution in [0.4, 0.5) is 11.5 Å². The number of hydrogen-bond acceptors (Lipinski definition) is 5. The minimum absolute atomic E-state index is 0.147. The first-order chi connectivity index (χ1) is 16.8. The number of likely N-dealkylation sites (N-methyl/N-ethyl adjacent to an activating group) is 1. The van der Waals surface area contributed by atoms with Crippen molar-refractivity contribution in [1.82, 2.24) is 20.0 Å². The predicted octanol–water partition coefficient (Wildman–Crippen LogP) is 3.08. The molecule has 3 amide bonds. The van der Waals surface area contributed by atoms with Crippen molar-refractivity contribution in [2.75, 3.05) is 37.8 Å². The largest absolute Gasteiger partial charge is 0.327 e. The van der Waals surface area contributed by atoms with Crippen molar-refractivity contribution in [3.63, 3.8) is 0 Å². The highest BCUT2D eigenvalue weighted by Gasteiger charge is 2.33. The summed E-state index contributed by atoms with van der Waals surface area (Å²) in [6, 6.07) is 8.66. The molecule has 1 saturated heterocycles. The molecule has 4 rings (SSSR count). The van der Waals surface area contributed by atoms with Crippen LogP contribution in [-0.4, -0.2) is 70.9 Å². The average Bonchev–Trinajstić information content (AvgIpc) is 3.36. The Morgan fingerprint density at radius 3 is 2.74 bits per heavy atom. The van der Waals surface area contributed by atoms with Gasteiger partial charge < -0.3 is 20.4 Å². The Bertz CT molecular complexity index is 1100. The number of carbonyl (C=O) groups excluding carboxylic acids is 3. The summed E-state index contributed by atoms with van der Waals surface area (Å²) in [5, 5.41) is 13.0. The number of anilines is 2. The lowest BCUT2D eigenvalue weighted by Crippen LogP contribution is -2.42. The summed E-state index contributed by atoms with van der Waals surface area (Å²) < 4.78 is 0. The normalized spacial score (nSPS) is 18.7. The SMILES string of the molecule is CC(C(=O)Nc1cc(C2CC2)[nH]n1)c1cccc(NC(=O)C2CCCN2C(=O)/C=C/CN(C)C)c1. The molecule has 1 aromatic carbocycles. The van der Waals surface area contributed by atoms with Gasteiger partial charge in [0.05, 0.1) is 5.92 Å². The first kappa shape index (κ1) is 24.7. The predicted molar refractivity (Wildman–Crippen MR) is 135 cm³/mol. The number of nitrogens with one attached hydrogen (secondary N) is 3. The monoisotopic (exact) mass is 478 g/mol. The maximum absolute atomic E-state index is 13.0. The molecule has 3 N–H and O–H groups in total. The molecule has 2 atom stereocenters. The molecule has 35 heavy (non-hydrogen) atoms. The zero-order valence-corrected chi connectivity index (χ0v) is 20.6. The molecule has 186 valence electrons. The van der Waals surface area contributed by atoms with E-state index in [1.165, 1.54) is 0 Å². The van der Waals surface area contributed by atoms with Crippen LogP contribution in [-0.2, 0) is 14.4 Å². The molecule has 9 nitrogen and oxygen atoms in total. The molecule has 2 fully saturated rings. The minimum Gasteiger partial charge on any atom is -0.327 e. The van der Waals surface area contributed by atoms with Gasteiger partial charge >= 0.3 is 0 Å². The van der Waals surface area contributed by atoms with E-state index < -0.39 is 12.0 Å². The topological polar surface area (TPSA) is 110 Å². The highest BCUT2D eigenvalue weighted by atomic mass is 16.2. The second-order valence-electron chi connectivity index (χ2n) is 9.66. The molecule has 1 aliphatic heterocycles. The van der Waals surface area contributed by atoms with Crippen LogP contribution in [0, 0.1) is 0 Å². The third kappa shape index (κ3) is 6.36. The molecule has 0 radical (unpaired) electrons. The third-order valence-corrected chi connectivity index (χ3v) is 6.48. The Morgan fingerprint density at radius 1 is 1.20 bits per heavy atom. The van der Waals surface area contributed by atoms with Crippen LogP contribution in [0.5, 0.6) is 0 Å². The summed E-state index contributed by atoms with van der Waals surface area (Å²) in [7, 11) is 3.86. The van der Waals surface area contributed by atoms with Crippen LogP contribution in [0.1, 0.15) is 55.7 Å². The number of aromatic nitrogens is 2. The van der Waals surface area contributed by atoms with Crippen molar-refractivity contribution < 1.29 is 14.4 Å². The zero-order valence-electron chi connectivity index (χ0n) is 20.6. The van der Waals surface area contributed by atoms with Gasteiger partial charge in [-0.1, -0.05) is 18.2 Å². The van der Waals surface area contributed by atoms with Crippen molar-refractivity contribution in [1.29, 1.82) is 0 Å². The average molecular weight is 479 g/mol. The number of rotatable bonds is 9. The molecule has 1 saturated carbocycles. The van der Waals surface area contributed by atoms with E-state index in [4.69, 9.17) is 0 Å². The Balaban J connectivity index is 1.36. The minimum atomic E-state index is -0.504. The van der Waals surface area contributed by atoms with Gasteiger partial charge in [-0.3, -0.25) is 19.5 Å². The van der Waals surface area contributed by atoms with Gasteiger partial charge in [0.25, 0.3) is 0 Å². The summed E-state index contributed by atoms with van der Waals surface area (Å²) in [5.41, 5.74) is 2.44. The lowest BCUT2D eigenvalue weighted by atomic mass is 9.99. The Labute approximate surface area is 205 Å². The fraction of sp³-hybridized carbons (Fsp3) is 0.462. The third-order valence-electron chi connectivity index (χ3n) is 6.48. The molecule has 2 unspecified atom stereocenters. The van der Waals surface area contributed by atoms with E-state index in [1.54, 1.807) is 29.2 Å². The van der Waals surface area contributed by atoms with Crippen molar-refractivity contribution in [3.05, 3.63) is 53.7 Å². The summed E-state index contributed by atoms with van der Waals surface area (Å²) in [4.78, 5) is 42.0. The van der Waals surface area contributed by atoms with Gasteiger partial charge in [0, 0.05) is 42.5 Å². The van der Waals surface area contributed by atoms with Gasteiger partial charge in [-0.15, -0.1) is 0 Å². The van der Waals surface area contributed by atoms with Crippen LogP contribution in [0.25, 0.3) is 0 Å². The van der Waals surface area contributed by atoms with Gasteiger partial charge in [0.15, 0.2) is 5.82 Å². The Kier molecular flexibility index (Phi) is 7.65. The van der Waals surface area contributed by atoms with Crippen molar-refractivity contribution >= 4 is 29.2 Å². The molecule has 1 aliphatic carbocycles. The van der Waals surface area contributed by atoms with Gasteiger partial charge in [-0.05, 0) is 64.4 Å². The number of aromatic amines is 1. The van der Waals surface area contributed by atoms with Crippen LogP contribution in [0.15, 0.2) is 42.5 Å². The highest BCUT2D eigenvalue weighted by molar-refractivity contribution is 6.00. The summed E-state index contributed by atoms with van der Waals surface area (Å²) >= 11 is 0. The van der Waals surface area contributed by atoms with E-state index >= 15 is 0 Å². The molecule has 2 heterocycles. The maximum Gasteiger partial charge on any atom is 0.247 e. The van der Waals surface area contributed by atoms with E-state index in [2.05, 4.69) is 20.8 Å². The number of H-pyrrole nitrogens is 1. The Morgan fingerprint density at radius 2 is 2.00 bits per heavy atom. The van der Waals surface area contributed by atoms with Crippen LogP contribution >= 0.6 is 0 Å². The van der Waals surface area contributed by atoms with Crippen LogP contribution in [0.3, 0.4) is 0 Å². The molecule has 0 spiro atoms. The molecule has 0 bridgehead atoms. The maximum atomic E-state index is 13.0. The second-order valence-corrected chi connectivity index (χ2v) is 9.66. The summed E-state index contributed by atoms with van der Waals surface area (Å²) in [6.07, 6.45) is 7.08. The van der Waals surface area contributed by atoms with Gasteiger partial charge in [0.2, 0.25) is 17.7 Å². The van der Waals surface area contributed by atoms with E-state index in [0.717, 1.165) is 30.5 Å². The fourth-order valence-electron chi connectivity index (χ4n) is 4.26. The smallest absolute Gasteiger partial charge is 0.247 e. The second kappa shape index (κ2) is 10.9. The molecule has 2 aliphatic rings. The number of likely N-dealkylation sites (tertiary alicyclic amines) is 1. The van der Waals surface area contributed by atoms with E-state index in [-0.39, 0.29) is 17.7 Å². The first-order valence-electron chi connectivity index (χ1n) is 12.2. The molecular formula is C26H34N6O3. The van der Waals surface area contributed by atoms with Gasteiger partial charge in [-0.2, -0.15) is 5.10 Å². The molecular weight excluding hydrogens is 444 g/mol. The van der Waals surface area contributed by atoms with Crippen molar-refractivity contribution in [2.24, 2.45) is 0 Å². The first-order valence-corrected chi connectivity index (χ1v) is 12.2. The molecule has 9 heteroatoms. The van der Waals surface area contributed by atoms with E-state index in [9.17, 15) is 14.4 Å². The number of carbonyl (C=O) groups is 3. The number of amides is 3. The van der Waals surface area contributed by atoms with E-state index in [1.807, 2.05) is 44.1 Å². The van der Waals surface area contributed by atoms with Crippen molar-refractivity contribution in [3.8, 4) is 0 Å². The number of hydrogen-bond donors (Lipinski definition) is 3. The summed E-state index contributed by atoms with van der Waals surface area (Å²) in [6.45, 7) is 3.05. The lowest BCUT2D eigenvalue weighted by Gasteiger charge is -2.23. The highest BCUT2D eigenvalue weighted by Crippen LogP contribution is 2.39. The Hall–Kier alpha value is -3.46. The summed E-state index contributed by atoms with van der Waals surface area (Å²) in [5.74, 6) is 0.102. The van der Waals surface area contributed by atoms with Crippen LogP contribution in [0.2, 0.25) is 0 Å². The quantitative estimate of drug-likeness (QED) is 0.480. The van der Waals surface area contributed by atoms with Gasteiger partial charge in [-0.25, -0.2) is 0 Å². The van der Waals surface area contributed by atoms with Gasteiger partial charge in [0.1, 0.15) is 6.04 Å². The molecule has 1 aromatic heterocycles.